The molecule has 0 unspecified atom stereocenters. The highest BCUT2D eigenvalue weighted by molar-refractivity contribution is 6.11. The van der Waals surface area contributed by atoms with Crippen LogP contribution in [0.25, 0.3) is 117 Å². The summed E-state index contributed by atoms with van der Waals surface area (Å²) in [5.74, 6) is 0.881. The van der Waals surface area contributed by atoms with Gasteiger partial charge in [0.2, 0.25) is 0 Å². The molecule has 0 fully saturated rings. The van der Waals surface area contributed by atoms with Gasteiger partial charge in [-0.15, -0.1) is 0 Å². The molecule has 4 aromatic heterocycles. The third kappa shape index (κ3) is 6.09. The van der Waals surface area contributed by atoms with Gasteiger partial charge in [0.05, 0.1) is 38.8 Å². The van der Waals surface area contributed by atoms with Crippen LogP contribution in [-0.4, -0.2) is 23.7 Å². The summed E-state index contributed by atoms with van der Waals surface area (Å²) < 4.78 is 7.16. The van der Waals surface area contributed by atoms with E-state index < -0.39 is 0 Å². The molecule has 9 aromatic carbocycles. The van der Waals surface area contributed by atoms with Gasteiger partial charge in [0.15, 0.2) is 0 Å². The van der Waals surface area contributed by atoms with Crippen LogP contribution in [0.1, 0.15) is 0 Å². The lowest BCUT2D eigenvalue weighted by Crippen LogP contribution is -2.01. The van der Waals surface area contributed by atoms with Gasteiger partial charge in [-0.3, -0.25) is 9.55 Å². The summed E-state index contributed by atoms with van der Waals surface area (Å²) in [6.45, 7) is 0. The smallest absolute Gasteiger partial charge is 0.145 e. The second-order valence-corrected chi connectivity index (χ2v) is 16.7. The number of rotatable bonds is 7. The van der Waals surface area contributed by atoms with Crippen molar-refractivity contribution >= 4 is 54.6 Å². The van der Waals surface area contributed by atoms with Crippen molar-refractivity contribution in [1.82, 2.24) is 23.7 Å². The lowest BCUT2D eigenvalue weighted by molar-refractivity contribution is 1.10. The summed E-state index contributed by atoms with van der Waals surface area (Å²) in [6.07, 6.45) is 1.85. The highest BCUT2D eigenvalue weighted by Crippen LogP contribution is 2.41. The van der Waals surface area contributed by atoms with E-state index in [1.165, 1.54) is 21.5 Å². The molecule has 0 amide bonds. The van der Waals surface area contributed by atoms with E-state index in [-0.39, 0.29) is 0 Å². The number of imidazole rings is 1. The Morgan fingerprint density at radius 1 is 0.277 bits per heavy atom. The van der Waals surface area contributed by atoms with E-state index in [2.05, 4.69) is 237 Å². The number of nitrogens with zero attached hydrogens (tertiary/aromatic N) is 5. The maximum Gasteiger partial charge on any atom is 0.145 e. The second-order valence-electron chi connectivity index (χ2n) is 16.7. The van der Waals surface area contributed by atoms with Crippen LogP contribution in [0.5, 0.6) is 0 Å². The molecule has 5 heteroatoms. The molecule has 13 rings (SSSR count). The van der Waals surface area contributed by atoms with Gasteiger partial charge < -0.3 is 9.13 Å². The number of fused-ring (bicyclic) bond motifs is 7. The molecule has 0 aliphatic carbocycles. The standard InChI is InChI=1S/C60H39N5/c1-2-16-46(17-3-1)65-59-28-13-8-23-54(59)62-60(65)45-35-42(40-29-31-41(32-30-40)53-22-14-15-33-61-53)34-43(36-45)44-37-47(63-55-24-9-4-18-49(55)50-19-5-10-25-56(50)63)39-48(38-44)64-57-26-11-6-20-51(57)52-21-7-12-27-58(52)64/h1-39H. The predicted molar refractivity (Wildman–Crippen MR) is 269 cm³/mol. The summed E-state index contributed by atoms with van der Waals surface area (Å²) >= 11 is 0. The summed E-state index contributed by atoms with van der Waals surface area (Å²) in [6, 6.07) is 82.9. The molecule has 0 N–H and O–H groups in total. The third-order valence-corrected chi connectivity index (χ3v) is 12.9. The van der Waals surface area contributed by atoms with E-state index in [0.717, 1.165) is 95.1 Å². The first-order valence-corrected chi connectivity index (χ1v) is 22.1. The van der Waals surface area contributed by atoms with E-state index in [9.17, 15) is 0 Å². The zero-order valence-electron chi connectivity index (χ0n) is 35.3. The average Bonchev–Trinajstić information content (AvgIpc) is 4.05. The SMILES string of the molecule is c1ccc(-n2c(-c3cc(-c4ccc(-c5ccccn5)cc4)cc(-c4cc(-n5c6ccccc6c6ccccc65)cc(-n5c6ccccc6c6ccccc65)c4)c3)nc3ccccc32)cc1. The molecule has 0 atom stereocenters. The highest BCUT2D eigenvalue weighted by Gasteiger charge is 2.20. The molecule has 65 heavy (non-hydrogen) atoms. The Labute approximate surface area is 375 Å². The Kier molecular flexibility index (Phi) is 8.46. The van der Waals surface area contributed by atoms with E-state index in [4.69, 9.17) is 4.98 Å². The fourth-order valence-corrected chi connectivity index (χ4v) is 9.94. The summed E-state index contributed by atoms with van der Waals surface area (Å²) in [5, 5.41) is 4.91. The molecule has 0 bridgehead atoms. The van der Waals surface area contributed by atoms with Gasteiger partial charge in [0, 0.05) is 55.9 Å². The molecule has 5 nitrogen and oxygen atoms in total. The van der Waals surface area contributed by atoms with Crippen molar-refractivity contribution in [3.8, 4) is 62.0 Å². The number of hydrogen-bond donors (Lipinski definition) is 0. The van der Waals surface area contributed by atoms with Crippen LogP contribution in [0.3, 0.4) is 0 Å². The van der Waals surface area contributed by atoms with Gasteiger partial charge in [-0.1, -0.05) is 133 Å². The molecule has 0 aliphatic heterocycles. The molecule has 0 saturated carbocycles. The zero-order chi connectivity index (χ0) is 42.8. The largest absolute Gasteiger partial charge is 0.309 e. The van der Waals surface area contributed by atoms with Crippen molar-refractivity contribution in [1.29, 1.82) is 0 Å². The molecule has 0 radical (unpaired) electrons. The van der Waals surface area contributed by atoms with Crippen molar-refractivity contribution in [2.24, 2.45) is 0 Å². The molecule has 0 spiro atoms. The summed E-state index contributed by atoms with van der Waals surface area (Å²) in [7, 11) is 0. The minimum Gasteiger partial charge on any atom is -0.309 e. The predicted octanol–water partition coefficient (Wildman–Crippen LogP) is 15.3. The fourth-order valence-electron chi connectivity index (χ4n) is 9.94. The van der Waals surface area contributed by atoms with Gasteiger partial charge in [-0.05, 0) is 119 Å². The number of benzene rings is 9. The van der Waals surface area contributed by atoms with Crippen molar-refractivity contribution < 1.29 is 0 Å². The number of aromatic nitrogens is 5. The lowest BCUT2D eigenvalue weighted by Gasteiger charge is -2.17. The van der Waals surface area contributed by atoms with E-state index in [1.807, 2.05) is 18.3 Å². The maximum atomic E-state index is 5.38. The number of pyridine rings is 1. The van der Waals surface area contributed by atoms with Crippen molar-refractivity contribution in [2.45, 2.75) is 0 Å². The minimum absolute atomic E-state index is 0.881. The van der Waals surface area contributed by atoms with Crippen LogP contribution in [0.2, 0.25) is 0 Å². The van der Waals surface area contributed by atoms with Crippen LogP contribution in [0, 0.1) is 0 Å². The van der Waals surface area contributed by atoms with Gasteiger partial charge in [0.1, 0.15) is 5.82 Å². The first-order chi connectivity index (χ1) is 32.2. The Hall–Kier alpha value is -8.80. The Balaban J connectivity index is 1.11. The average molecular weight is 830 g/mol. The Morgan fingerprint density at radius 2 is 0.723 bits per heavy atom. The van der Waals surface area contributed by atoms with E-state index >= 15 is 0 Å². The highest BCUT2D eigenvalue weighted by atomic mass is 15.1. The van der Waals surface area contributed by atoms with Gasteiger partial charge in [-0.2, -0.15) is 0 Å². The normalized spacial score (nSPS) is 11.7. The van der Waals surface area contributed by atoms with Crippen LogP contribution in [0.4, 0.5) is 0 Å². The molecular weight excluding hydrogens is 791 g/mol. The summed E-state index contributed by atoms with van der Waals surface area (Å²) in [5.41, 5.74) is 17.3. The maximum absolute atomic E-state index is 5.38. The Bertz CT molecular complexity index is 3690. The van der Waals surface area contributed by atoms with Crippen molar-refractivity contribution in [3.05, 3.63) is 237 Å². The molecule has 304 valence electrons. The fraction of sp³-hybridized carbons (Fsp3) is 0. The van der Waals surface area contributed by atoms with Crippen LogP contribution in [-0.2, 0) is 0 Å². The first-order valence-electron chi connectivity index (χ1n) is 22.1. The monoisotopic (exact) mass is 829 g/mol. The zero-order valence-corrected chi connectivity index (χ0v) is 35.3. The van der Waals surface area contributed by atoms with Crippen LogP contribution in [0.15, 0.2) is 237 Å². The summed E-state index contributed by atoms with van der Waals surface area (Å²) in [4.78, 5) is 10.0. The molecule has 0 saturated heterocycles. The second kappa shape index (κ2) is 14.9. The molecule has 4 heterocycles. The number of para-hydroxylation sites is 7. The quantitative estimate of drug-likeness (QED) is 0.161. The van der Waals surface area contributed by atoms with Gasteiger partial charge in [0.25, 0.3) is 0 Å². The van der Waals surface area contributed by atoms with Crippen molar-refractivity contribution in [2.75, 3.05) is 0 Å². The minimum atomic E-state index is 0.881. The van der Waals surface area contributed by atoms with Gasteiger partial charge in [-0.25, -0.2) is 4.98 Å². The Morgan fingerprint density at radius 3 is 1.28 bits per heavy atom. The number of hydrogen-bond acceptors (Lipinski definition) is 2. The molecular formula is C60H39N5. The van der Waals surface area contributed by atoms with E-state index in [1.54, 1.807) is 0 Å². The molecule has 0 aliphatic rings. The first kappa shape index (κ1) is 36.8. The van der Waals surface area contributed by atoms with Crippen LogP contribution >= 0.6 is 0 Å². The van der Waals surface area contributed by atoms with Gasteiger partial charge >= 0.3 is 0 Å². The van der Waals surface area contributed by atoms with E-state index in [0.29, 0.717) is 0 Å². The third-order valence-electron chi connectivity index (χ3n) is 12.9. The lowest BCUT2D eigenvalue weighted by atomic mass is 9.94. The van der Waals surface area contributed by atoms with Crippen molar-refractivity contribution in [3.63, 3.8) is 0 Å². The topological polar surface area (TPSA) is 40.6 Å². The van der Waals surface area contributed by atoms with Crippen LogP contribution < -0.4 is 0 Å². The molecule has 13 aromatic rings.